The van der Waals surface area contributed by atoms with E-state index in [-0.39, 0.29) is 0 Å². The Morgan fingerprint density at radius 2 is 0.857 bits per heavy atom. The predicted octanol–water partition coefficient (Wildman–Crippen LogP) is 12.6. The number of fused-ring (bicyclic) bond motifs is 3. The molecule has 0 atom stereocenters. The quantitative estimate of drug-likeness (QED) is 0.154. The van der Waals surface area contributed by atoms with Gasteiger partial charge in [-0.15, -0.1) is 0 Å². The van der Waals surface area contributed by atoms with Gasteiger partial charge >= 0.3 is 0 Å². The second-order valence-corrected chi connectivity index (χ2v) is 13.7. The Labute approximate surface area is 324 Å². The molecule has 56 heavy (non-hydrogen) atoms. The van der Waals surface area contributed by atoms with Crippen LogP contribution in [0.3, 0.4) is 0 Å². The fraction of sp³-hybridized carbons (Fsp3) is 0. The Kier molecular flexibility index (Phi) is 8.43. The minimum absolute atomic E-state index is 0.633. The van der Waals surface area contributed by atoms with Crippen molar-refractivity contribution in [3.8, 4) is 78.9 Å². The molecule has 0 radical (unpaired) electrons. The van der Waals surface area contributed by atoms with E-state index < -0.39 is 0 Å². The molecule has 5 heteroatoms. The molecule has 3 aromatic heterocycles. The first-order valence-corrected chi connectivity index (χ1v) is 18.7. The average Bonchev–Trinajstić information content (AvgIpc) is 3.29. The van der Waals surface area contributed by atoms with Gasteiger partial charge in [0, 0.05) is 39.2 Å². The van der Waals surface area contributed by atoms with E-state index in [0.29, 0.717) is 11.6 Å². The van der Waals surface area contributed by atoms with Crippen molar-refractivity contribution in [2.24, 2.45) is 0 Å². The van der Waals surface area contributed by atoms with Gasteiger partial charge in [0.15, 0.2) is 11.6 Å². The lowest BCUT2D eigenvalue weighted by Crippen LogP contribution is -1.97. The summed E-state index contributed by atoms with van der Waals surface area (Å²) in [4.78, 5) is 25.3. The number of nitrogens with zero attached hydrogens (tertiary/aromatic N) is 5. The molecular weight excluding hydrogens is 683 g/mol. The fourth-order valence-electron chi connectivity index (χ4n) is 7.32. The molecule has 0 aliphatic carbocycles. The molecule has 0 unspecified atom stereocenters. The molecule has 0 fully saturated rings. The zero-order valence-electron chi connectivity index (χ0n) is 30.3. The van der Waals surface area contributed by atoms with E-state index in [4.69, 9.17) is 19.9 Å². The van der Waals surface area contributed by atoms with Crippen LogP contribution in [0.2, 0.25) is 0 Å². The van der Waals surface area contributed by atoms with E-state index >= 15 is 0 Å². The third kappa shape index (κ3) is 6.37. The van der Waals surface area contributed by atoms with Gasteiger partial charge < -0.3 is 0 Å². The first kappa shape index (κ1) is 33.0. The maximum absolute atomic E-state index is 5.23. The number of hydrogen-bond donors (Lipinski definition) is 0. The topological polar surface area (TPSA) is 64.5 Å². The number of hydrogen-bond acceptors (Lipinski definition) is 5. The summed E-state index contributed by atoms with van der Waals surface area (Å²) in [7, 11) is 0. The van der Waals surface area contributed by atoms with Crippen LogP contribution < -0.4 is 0 Å². The molecular formula is C51H33N5. The molecule has 0 N–H and O–H groups in total. The van der Waals surface area contributed by atoms with Crippen LogP contribution in [-0.2, 0) is 0 Å². The molecule has 3 heterocycles. The summed E-state index contributed by atoms with van der Waals surface area (Å²) in [6.45, 7) is 0. The number of rotatable bonds is 7. The monoisotopic (exact) mass is 715 g/mol. The van der Waals surface area contributed by atoms with Crippen molar-refractivity contribution in [1.29, 1.82) is 0 Å². The Morgan fingerprint density at radius 1 is 0.286 bits per heavy atom. The summed E-state index contributed by atoms with van der Waals surface area (Å²) in [5, 5.41) is 3.19. The van der Waals surface area contributed by atoms with Gasteiger partial charge in [0.1, 0.15) is 0 Å². The fourth-order valence-corrected chi connectivity index (χ4v) is 7.32. The highest BCUT2D eigenvalue weighted by Crippen LogP contribution is 2.36. The van der Waals surface area contributed by atoms with Gasteiger partial charge in [-0.3, -0.25) is 4.98 Å². The SMILES string of the molecule is c1ccc(-c2cccc(-c3cc(-c4ccccn4)nc(-c4cccc(-c5ccc6ccc7c(-c8ccccc8)nc(-c8ccccc8)nc7c6c5)c4)n3)c2)cc1. The summed E-state index contributed by atoms with van der Waals surface area (Å²) >= 11 is 0. The molecule has 5 nitrogen and oxygen atoms in total. The summed E-state index contributed by atoms with van der Waals surface area (Å²) in [5.74, 6) is 1.33. The van der Waals surface area contributed by atoms with E-state index in [0.717, 1.165) is 89.0 Å². The summed E-state index contributed by atoms with van der Waals surface area (Å²) < 4.78 is 0. The zero-order valence-corrected chi connectivity index (χ0v) is 30.3. The molecule has 262 valence electrons. The lowest BCUT2D eigenvalue weighted by Gasteiger charge is -2.13. The minimum Gasteiger partial charge on any atom is -0.255 e. The Balaban J connectivity index is 1.11. The van der Waals surface area contributed by atoms with Gasteiger partial charge in [-0.2, -0.15) is 0 Å². The van der Waals surface area contributed by atoms with Crippen molar-refractivity contribution in [1.82, 2.24) is 24.9 Å². The lowest BCUT2D eigenvalue weighted by atomic mass is 9.96. The van der Waals surface area contributed by atoms with Gasteiger partial charge in [0.2, 0.25) is 0 Å². The molecule has 0 amide bonds. The Morgan fingerprint density at radius 3 is 1.61 bits per heavy atom. The summed E-state index contributed by atoms with van der Waals surface area (Å²) in [6.07, 6.45) is 1.80. The highest BCUT2D eigenvalue weighted by molar-refractivity contribution is 6.10. The minimum atomic E-state index is 0.633. The second-order valence-electron chi connectivity index (χ2n) is 13.7. The first-order chi connectivity index (χ1) is 27.7. The van der Waals surface area contributed by atoms with Crippen LogP contribution in [0.25, 0.3) is 101 Å². The third-order valence-corrected chi connectivity index (χ3v) is 10.1. The van der Waals surface area contributed by atoms with Gasteiger partial charge in [0.05, 0.1) is 28.3 Å². The van der Waals surface area contributed by atoms with Gasteiger partial charge in [-0.05, 0) is 70.1 Å². The van der Waals surface area contributed by atoms with Crippen LogP contribution >= 0.6 is 0 Å². The standard InChI is InChI=1S/C51H33N5/c1-4-14-34(15-5-1)38-20-12-22-41(30-38)46-33-47(45-24-10-11-29-52-45)54-51(53-46)42-23-13-21-39(31-42)40-26-25-35-27-28-43-48(36-16-6-2-7-17-36)55-50(37-18-8-3-9-19-37)56-49(43)44(35)32-40/h1-33H. The van der Waals surface area contributed by atoms with Crippen molar-refractivity contribution in [2.75, 3.05) is 0 Å². The normalized spacial score (nSPS) is 11.2. The van der Waals surface area contributed by atoms with E-state index in [1.807, 2.05) is 54.6 Å². The van der Waals surface area contributed by atoms with Crippen molar-refractivity contribution in [3.05, 3.63) is 200 Å². The van der Waals surface area contributed by atoms with Crippen LogP contribution in [0.15, 0.2) is 200 Å². The molecule has 0 bridgehead atoms. The molecule has 0 spiro atoms. The predicted molar refractivity (Wildman–Crippen MR) is 228 cm³/mol. The van der Waals surface area contributed by atoms with Crippen LogP contribution in [0, 0.1) is 0 Å². The Hall–Kier alpha value is -7.63. The van der Waals surface area contributed by atoms with E-state index in [2.05, 4.69) is 145 Å². The smallest absolute Gasteiger partial charge is 0.160 e. The number of aromatic nitrogens is 5. The van der Waals surface area contributed by atoms with Crippen molar-refractivity contribution in [2.45, 2.75) is 0 Å². The molecule has 10 aromatic rings. The van der Waals surface area contributed by atoms with E-state index in [9.17, 15) is 0 Å². The number of benzene rings is 7. The van der Waals surface area contributed by atoms with Crippen LogP contribution in [-0.4, -0.2) is 24.9 Å². The molecule has 0 aliphatic rings. The van der Waals surface area contributed by atoms with Crippen LogP contribution in [0.4, 0.5) is 0 Å². The molecule has 0 saturated heterocycles. The van der Waals surface area contributed by atoms with Crippen LogP contribution in [0.5, 0.6) is 0 Å². The average molecular weight is 716 g/mol. The van der Waals surface area contributed by atoms with Crippen LogP contribution in [0.1, 0.15) is 0 Å². The first-order valence-electron chi connectivity index (χ1n) is 18.7. The maximum Gasteiger partial charge on any atom is 0.160 e. The summed E-state index contributed by atoms with van der Waals surface area (Å²) in [5.41, 5.74) is 12.6. The second kappa shape index (κ2) is 14.3. The lowest BCUT2D eigenvalue weighted by molar-refractivity contribution is 1.16. The Bertz CT molecular complexity index is 3000. The highest BCUT2D eigenvalue weighted by Gasteiger charge is 2.16. The summed E-state index contributed by atoms with van der Waals surface area (Å²) in [6, 6.07) is 66.8. The molecule has 7 aromatic carbocycles. The van der Waals surface area contributed by atoms with Crippen molar-refractivity contribution in [3.63, 3.8) is 0 Å². The van der Waals surface area contributed by atoms with Gasteiger partial charge in [0.25, 0.3) is 0 Å². The number of pyridine rings is 1. The largest absolute Gasteiger partial charge is 0.255 e. The zero-order chi connectivity index (χ0) is 37.3. The van der Waals surface area contributed by atoms with E-state index in [1.54, 1.807) is 6.20 Å². The molecule has 10 rings (SSSR count). The molecule has 0 aliphatic heterocycles. The van der Waals surface area contributed by atoms with E-state index in [1.165, 1.54) is 0 Å². The van der Waals surface area contributed by atoms with Crippen molar-refractivity contribution >= 4 is 21.7 Å². The van der Waals surface area contributed by atoms with Crippen molar-refractivity contribution < 1.29 is 0 Å². The third-order valence-electron chi connectivity index (χ3n) is 10.1. The van der Waals surface area contributed by atoms with Gasteiger partial charge in [-0.1, -0.05) is 152 Å². The molecule has 0 saturated carbocycles. The maximum atomic E-state index is 5.23. The van der Waals surface area contributed by atoms with Gasteiger partial charge in [-0.25, -0.2) is 19.9 Å². The highest BCUT2D eigenvalue weighted by atomic mass is 14.9.